The number of aromatic hydroxyl groups is 1. The Morgan fingerprint density at radius 1 is 1.00 bits per heavy atom. The van der Waals surface area contributed by atoms with Gasteiger partial charge in [0.25, 0.3) is 16.0 Å². The van der Waals surface area contributed by atoms with Crippen molar-refractivity contribution < 1.29 is 27.6 Å². The number of phenolic OH excluding ortho intramolecular Hbond substituents is 1. The van der Waals surface area contributed by atoms with E-state index in [1.807, 2.05) is 0 Å². The van der Waals surface area contributed by atoms with Crippen LogP contribution < -0.4 is 10.1 Å². The monoisotopic (exact) mass is 587 g/mol. The van der Waals surface area contributed by atoms with Crippen molar-refractivity contribution in [1.82, 2.24) is 0 Å². The first-order valence-corrected chi connectivity index (χ1v) is 13.9. The zero-order valence-corrected chi connectivity index (χ0v) is 23.1. The van der Waals surface area contributed by atoms with Crippen LogP contribution >= 0.6 is 23.2 Å². The van der Waals surface area contributed by atoms with Crippen LogP contribution in [0.25, 0.3) is 10.8 Å². The summed E-state index contributed by atoms with van der Waals surface area (Å²) in [6, 6.07) is 16.0. The van der Waals surface area contributed by atoms with E-state index in [9.17, 15) is 22.9 Å². The number of phenols is 1. The van der Waals surface area contributed by atoms with E-state index in [2.05, 4.69) is 15.5 Å². The van der Waals surface area contributed by atoms with Crippen LogP contribution in [-0.2, 0) is 16.5 Å². The number of amides is 1. The van der Waals surface area contributed by atoms with Gasteiger partial charge in [0.2, 0.25) is 0 Å². The van der Waals surface area contributed by atoms with Crippen LogP contribution in [0.15, 0.2) is 75.8 Å². The number of nitrogens with one attached hydrogen (secondary N) is 1. The number of anilines is 1. The molecule has 12 heteroatoms. The first kappa shape index (κ1) is 28.3. The van der Waals surface area contributed by atoms with Crippen molar-refractivity contribution in [3.8, 4) is 11.5 Å². The number of carbonyl (C=O) groups is 1. The number of fused-ring (bicyclic) bond motifs is 1. The third-order valence-electron chi connectivity index (χ3n) is 5.77. The van der Waals surface area contributed by atoms with Gasteiger partial charge in [0.05, 0.1) is 28.6 Å². The quantitative estimate of drug-likeness (QED) is 0.142. The molecule has 39 heavy (non-hydrogen) atoms. The predicted octanol–water partition coefficient (Wildman–Crippen LogP) is 7.73. The lowest BCUT2D eigenvalue weighted by Crippen LogP contribution is -2.13. The van der Waals surface area contributed by atoms with Gasteiger partial charge in [-0.25, -0.2) is 0 Å². The molecule has 0 unspecified atom stereocenters. The first-order chi connectivity index (χ1) is 18.5. The Kier molecular flexibility index (Phi) is 8.41. The lowest BCUT2D eigenvalue weighted by molar-refractivity contribution is 0.102. The molecular formula is C27H23Cl2N3O6S. The lowest BCUT2D eigenvalue weighted by Gasteiger charge is -2.13. The number of hydrogen-bond donors (Lipinski definition) is 3. The highest BCUT2D eigenvalue weighted by Crippen LogP contribution is 2.41. The van der Waals surface area contributed by atoms with Gasteiger partial charge < -0.3 is 15.2 Å². The smallest absolute Gasteiger partial charge is 0.296 e. The minimum absolute atomic E-state index is 0.0196. The molecule has 0 saturated heterocycles. The molecule has 0 spiro atoms. The summed E-state index contributed by atoms with van der Waals surface area (Å²) in [5.41, 5.74) is 0.670. The van der Waals surface area contributed by atoms with Crippen LogP contribution in [0.3, 0.4) is 0 Å². The van der Waals surface area contributed by atoms with E-state index in [1.165, 1.54) is 12.1 Å². The standard InChI is InChI=1S/C27H23Cl2N3O6S/c1-3-15-12-17(14-22(23(15)28)39(35,36)37)31-32-25-18-9-6-5-8-16(18)13-19(26(25)33)27(34)30-20-10-7-11-21(24(20)29)38-4-2/h5-14,33H,3-4H2,1-2H3,(H,30,34)(H,35,36,37). The normalized spacial score (nSPS) is 11.7. The van der Waals surface area contributed by atoms with Gasteiger partial charge in [0.15, 0.2) is 5.75 Å². The SMILES string of the molecule is CCOc1cccc(NC(=O)c2cc3ccccc3c(N=Nc3cc(CC)c(Cl)c(S(=O)(=O)O)c3)c2O)c1Cl. The maximum absolute atomic E-state index is 13.3. The molecule has 0 atom stereocenters. The van der Waals surface area contributed by atoms with Gasteiger partial charge in [-0.15, -0.1) is 5.11 Å². The number of benzene rings is 4. The van der Waals surface area contributed by atoms with Gasteiger partial charge in [-0.3, -0.25) is 9.35 Å². The fourth-order valence-electron chi connectivity index (χ4n) is 3.91. The van der Waals surface area contributed by atoms with E-state index in [0.717, 1.165) is 6.07 Å². The summed E-state index contributed by atoms with van der Waals surface area (Å²) < 4.78 is 38.7. The summed E-state index contributed by atoms with van der Waals surface area (Å²) in [6.45, 7) is 3.95. The first-order valence-electron chi connectivity index (χ1n) is 11.7. The van der Waals surface area contributed by atoms with Crippen LogP contribution in [0, 0.1) is 0 Å². The van der Waals surface area contributed by atoms with Crippen molar-refractivity contribution in [2.45, 2.75) is 25.2 Å². The molecule has 0 aromatic heterocycles. The molecule has 0 bridgehead atoms. The van der Waals surface area contributed by atoms with E-state index < -0.39 is 26.7 Å². The topological polar surface area (TPSA) is 138 Å². The number of rotatable bonds is 8. The van der Waals surface area contributed by atoms with E-state index in [-0.39, 0.29) is 32.7 Å². The highest BCUT2D eigenvalue weighted by atomic mass is 35.5. The van der Waals surface area contributed by atoms with E-state index in [4.69, 9.17) is 27.9 Å². The Morgan fingerprint density at radius 3 is 2.44 bits per heavy atom. The molecule has 202 valence electrons. The minimum Gasteiger partial charge on any atom is -0.505 e. The van der Waals surface area contributed by atoms with Crippen molar-refractivity contribution in [2.24, 2.45) is 10.2 Å². The molecule has 3 N–H and O–H groups in total. The third kappa shape index (κ3) is 5.99. The summed E-state index contributed by atoms with van der Waals surface area (Å²) in [7, 11) is -4.63. The molecule has 0 fully saturated rings. The molecule has 0 saturated carbocycles. The lowest BCUT2D eigenvalue weighted by atomic mass is 10.0. The zero-order valence-electron chi connectivity index (χ0n) is 20.8. The molecular weight excluding hydrogens is 565 g/mol. The maximum Gasteiger partial charge on any atom is 0.296 e. The van der Waals surface area contributed by atoms with Crippen molar-refractivity contribution in [2.75, 3.05) is 11.9 Å². The Morgan fingerprint density at radius 2 is 1.74 bits per heavy atom. The van der Waals surface area contributed by atoms with Gasteiger partial charge in [-0.2, -0.15) is 13.5 Å². The molecule has 4 aromatic carbocycles. The predicted molar refractivity (Wildman–Crippen MR) is 151 cm³/mol. The Bertz CT molecular complexity index is 1720. The molecule has 0 aliphatic rings. The van der Waals surface area contributed by atoms with Crippen molar-refractivity contribution in [1.29, 1.82) is 0 Å². The number of ether oxygens (including phenoxy) is 1. The largest absolute Gasteiger partial charge is 0.505 e. The molecule has 4 rings (SSSR count). The van der Waals surface area contributed by atoms with Gasteiger partial charge in [-0.1, -0.05) is 60.5 Å². The molecule has 9 nitrogen and oxygen atoms in total. The van der Waals surface area contributed by atoms with Crippen LogP contribution in [0.2, 0.25) is 10.0 Å². The van der Waals surface area contributed by atoms with Gasteiger partial charge >= 0.3 is 0 Å². The van der Waals surface area contributed by atoms with E-state index in [1.54, 1.807) is 56.3 Å². The fourth-order valence-corrected chi connectivity index (χ4v) is 5.30. The summed E-state index contributed by atoms with van der Waals surface area (Å²) in [5, 5.41) is 23.3. The summed E-state index contributed by atoms with van der Waals surface area (Å²) in [6.07, 6.45) is 0.363. The second-order valence-corrected chi connectivity index (χ2v) is 10.4. The van der Waals surface area contributed by atoms with Crippen LogP contribution in [0.1, 0.15) is 29.8 Å². The second-order valence-electron chi connectivity index (χ2n) is 8.29. The van der Waals surface area contributed by atoms with Gasteiger partial charge in [-0.05, 0) is 54.6 Å². The van der Waals surface area contributed by atoms with Crippen LogP contribution in [-0.4, -0.2) is 30.6 Å². The summed E-state index contributed by atoms with van der Waals surface area (Å²) in [5.74, 6) is -0.710. The van der Waals surface area contributed by atoms with E-state index in [0.29, 0.717) is 35.1 Å². The van der Waals surface area contributed by atoms with Crippen molar-refractivity contribution in [3.05, 3.63) is 81.8 Å². The van der Waals surface area contributed by atoms with Crippen molar-refractivity contribution in [3.63, 3.8) is 0 Å². The highest BCUT2D eigenvalue weighted by molar-refractivity contribution is 7.86. The second kappa shape index (κ2) is 11.6. The number of azo groups is 1. The summed E-state index contributed by atoms with van der Waals surface area (Å²) in [4.78, 5) is 12.7. The van der Waals surface area contributed by atoms with Crippen molar-refractivity contribution >= 4 is 67.1 Å². The Hall–Kier alpha value is -3.70. The average molecular weight is 588 g/mol. The summed E-state index contributed by atoms with van der Waals surface area (Å²) >= 11 is 12.5. The van der Waals surface area contributed by atoms with Gasteiger partial charge in [0, 0.05) is 5.39 Å². The number of carbonyl (C=O) groups excluding carboxylic acids is 1. The molecule has 4 aromatic rings. The zero-order chi connectivity index (χ0) is 28.3. The molecule has 0 radical (unpaired) electrons. The average Bonchev–Trinajstić information content (AvgIpc) is 2.90. The minimum atomic E-state index is -4.63. The number of aryl methyl sites for hydroxylation is 1. The molecule has 0 aliphatic carbocycles. The van der Waals surface area contributed by atoms with Crippen LogP contribution in [0.4, 0.5) is 17.1 Å². The Balaban J connectivity index is 1.80. The number of nitrogens with zero attached hydrogens (tertiary/aromatic N) is 2. The van der Waals surface area contributed by atoms with Gasteiger partial charge in [0.1, 0.15) is 21.4 Å². The molecule has 0 heterocycles. The maximum atomic E-state index is 13.3. The fraction of sp³-hybridized carbons (Fsp3) is 0.148. The third-order valence-corrected chi connectivity index (χ3v) is 7.60. The highest BCUT2D eigenvalue weighted by Gasteiger charge is 2.21. The Labute approximate surface area is 234 Å². The van der Waals surface area contributed by atoms with E-state index >= 15 is 0 Å². The number of hydrogen-bond acceptors (Lipinski definition) is 7. The molecule has 1 amide bonds. The van der Waals surface area contributed by atoms with Crippen LogP contribution in [0.5, 0.6) is 11.5 Å². The molecule has 0 aliphatic heterocycles. The number of halogens is 2.